The van der Waals surface area contributed by atoms with E-state index in [-0.39, 0.29) is 17.8 Å². The summed E-state index contributed by atoms with van der Waals surface area (Å²) in [6.45, 7) is 6.67. The lowest BCUT2D eigenvalue weighted by Gasteiger charge is -2.37. The van der Waals surface area contributed by atoms with E-state index in [1.54, 1.807) is 35.9 Å². The van der Waals surface area contributed by atoms with Crippen LogP contribution in [0.1, 0.15) is 38.7 Å². The van der Waals surface area contributed by atoms with Crippen LogP contribution in [0.15, 0.2) is 41.3 Å². The molecule has 0 spiro atoms. The molecule has 1 aliphatic heterocycles. The summed E-state index contributed by atoms with van der Waals surface area (Å²) in [5.74, 6) is 0.699. The van der Waals surface area contributed by atoms with E-state index < -0.39 is 11.2 Å². The topological polar surface area (TPSA) is 143 Å². The standard InChI is InChI=1S/C28H42N8O3/c1-28(2,30)25(37)34-14-16-35(17-15-34)26(38)31-24-11-13-36(27(39)32-24)22-7-4-20(5-8-22)10-12-33(3)23-9-6-21(18-23)19-29/h4-5,7-8,11,13,21,23H,6,9-10,12,14-19,29-30H2,1-3H3,(H,31,32,38,39)/t21-,23?/m1/s1. The zero-order valence-corrected chi connectivity index (χ0v) is 23.3. The van der Waals surface area contributed by atoms with Gasteiger partial charge in [0.15, 0.2) is 0 Å². The molecule has 0 bridgehead atoms. The molecule has 0 radical (unpaired) electrons. The van der Waals surface area contributed by atoms with Gasteiger partial charge in [-0.25, -0.2) is 9.59 Å². The van der Waals surface area contributed by atoms with Crippen LogP contribution in [0.25, 0.3) is 5.69 Å². The van der Waals surface area contributed by atoms with Gasteiger partial charge in [-0.2, -0.15) is 4.98 Å². The second kappa shape index (κ2) is 12.3. The van der Waals surface area contributed by atoms with Gasteiger partial charge in [-0.05, 0) is 82.8 Å². The fourth-order valence-corrected chi connectivity index (χ4v) is 5.35. The maximum atomic E-state index is 12.7. The Morgan fingerprint density at radius 3 is 2.33 bits per heavy atom. The average Bonchev–Trinajstić information content (AvgIpc) is 3.41. The SMILES string of the molecule is CN(CCc1ccc(-n2ccc(NC(=O)N3CCN(C(=O)C(C)(C)N)CC3)nc2=O)cc1)C1CC[C@@H](CN)C1. The summed E-state index contributed by atoms with van der Waals surface area (Å²) in [5.41, 5.74) is 12.2. The Kier molecular flexibility index (Phi) is 9.04. The number of likely N-dealkylation sites (N-methyl/N-ethyl adjacent to an activating group) is 1. The molecular weight excluding hydrogens is 496 g/mol. The van der Waals surface area contributed by atoms with Gasteiger partial charge in [0.2, 0.25) is 5.91 Å². The number of nitrogens with one attached hydrogen (secondary N) is 1. The lowest BCUT2D eigenvalue weighted by atomic mass is 10.1. The summed E-state index contributed by atoms with van der Waals surface area (Å²) in [5, 5.41) is 2.69. The first kappa shape index (κ1) is 28.7. The molecule has 39 heavy (non-hydrogen) atoms. The number of aromatic nitrogens is 2. The van der Waals surface area contributed by atoms with Gasteiger partial charge in [0, 0.05) is 45.0 Å². The zero-order chi connectivity index (χ0) is 28.2. The number of rotatable bonds is 8. The number of urea groups is 1. The Morgan fingerprint density at radius 2 is 1.74 bits per heavy atom. The smallest absolute Gasteiger partial charge is 0.338 e. The summed E-state index contributed by atoms with van der Waals surface area (Å²) in [4.78, 5) is 47.5. The van der Waals surface area contributed by atoms with Crippen molar-refractivity contribution in [2.24, 2.45) is 17.4 Å². The van der Waals surface area contributed by atoms with Crippen molar-refractivity contribution in [3.63, 3.8) is 0 Å². The predicted molar refractivity (Wildman–Crippen MR) is 152 cm³/mol. The highest BCUT2D eigenvalue weighted by molar-refractivity contribution is 5.89. The zero-order valence-electron chi connectivity index (χ0n) is 23.3. The molecule has 2 heterocycles. The van der Waals surface area contributed by atoms with Crippen molar-refractivity contribution in [3.05, 3.63) is 52.6 Å². The van der Waals surface area contributed by atoms with E-state index in [2.05, 4.69) is 22.2 Å². The molecule has 212 valence electrons. The van der Waals surface area contributed by atoms with Crippen molar-refractivity contribution in [2.75, 3.05) is 51.6 Å². The molecule has 1 unspecified atom stereocenters. The third kappa shape index (κ3) is 7.23. The molecule has 11 nitrogen and oxygen atoms in total. The number of nitrogens with zero attached hydrogens (tertiary/aromatic N) is 5. The van der Waals surface area contributed by atoms with Crippen LogP contribution >= 0.6 is 0 Å². The molecule has 2 aliphatic rings. The first-order valence-corrected chi connectivity index (χ1v) is 13.8. The van der Waals surface area contributed by atoms with Crippen LogP contribution in [0.3, 0.4) is 0 Å². The van der Waals surface area contributed by atoms with Crippen LogP contribution in [-0.2, 0) is 11.2 Å². The third-order valence-electron chi connectivity index (χ3n) is 7.88. The molecular formula is C28H42N8O3. The lowest BCUT2D eigenvalue weighted by molar-refractivity contribution is -0.137. The molecule has 2 fully saturated rings. The number of nitrogens with two attached hydrogens (primary N) is 2. The number of benzene rings is 1. The van der Waals surface area contributed by atoms with Gasteiger partial charge in [-0.3, -0.25) is 14.7 Å². The van der Waals surface area contributed by atoms with Gasteiger partial charge in [-0.1, -0.05) is 12.1 Å². The monoisotopic (exact) mass is 538 g/mol. The normalized spacial score (nSPS) is 19.9. The lowest BCUT2D eigenvalue weighted by Crippen LogP contribution is -2.58. The number of carbonyl (C=O) groups is 2. The molecule has 1 saturated carbocycles. The van der Waals surface area contributed by atoms with Crippen LogP contribution in [0, 0.1) is 5.92 Å². The molecule has 1 aromatic heterocycles. The van der Waals surface area contributed by atoms with E-state index in [9.17, 15) is 14.4 Å². The molecule has 2 atom stereocenters. The number of anilines is 1. The van der Waals surface area contributed by atoms with Gasteiger partial charge in [0.05, 0.1) is 11.2 Å². The molecule has 1 aromatic carbocycles. The molecule has 3 amide bonds. The Balaban J connectivity index is 1.28. The average molecular weight is 539 g/mol. The minimum atomic E-state index is -0.945. The second-order valence-corrected chi connectivity index (χ2v) is 11.4. The van der Waals surface area contributed by atoms with Gasteiger partial charge in [-0.15, -0.1) is 0 Å². The van der Waals surface area contributed by atoms with Crippen molar-refractivity contribution in [3.8, 4) is 5.69 Å². The predicted octanol–water partition coefficient (Wildman–Crippen LogP) is 1.25. The van der Waals surface area contributed by atoms with Crippen molar-refractivity contribution in [1.82, 2.24) is 24.3 Å². The minimum Gasteiger partial charge on any atom is -0.338 e. The fraction of sp³-hybridized carbons (Fsp3) is 0.571. The first-order chi connectivity index (χ1) is 18.5. The maximum Gasteiger partial charge on any atom is 0.354 e. The summed E-state index contributed by atoms with van der Waals surface area (Å²) >= 11 is 0. The summed E-state index contributed by atoms with van der Waals surface area (Å²) in [6, 6.07) is 9.77. The molecule has 1 aliphatic carbocycles. The maximum absolute atomic E-state index is 12.7. The highest BCUT2D eigenvalue weighted by Gasteiger charge is 2.31. The Bertz CT molecular complexity index is 1200. The van der Waals surface area contributed by atoms with E-state index in [0.717, 1.165) is 19.5 Å². The van der Waals surface area contributed by atoms with Crippen molar-refractivity contribution < 1.29 is 9.59 Å². The van der Waals surface area contributed by atoms with E-state index in [0.29, 0.717) is 43.8 Å². The van der Waals surface area contributed by atoms with E-state index >= 15 is 0 Å². The minimum absolute atomic E-state index is 0.140. The quantitative estimate of drug-likeness (QED) is 0.459. The van der Waals surface area contributed by atoms with E-state index in [1.807, 2.05) is 24.3 Å². The first-order valence-electron chi connectivity index (χ1n) is 13.8. The van der Waals surface area contributed by atoms with E-state index in [1.165, 1.54) is 29.4 Å². The van der Waals surface area contributed by atoms with Gasteiger partial charge >= 0.3 is 11.7 Å². The van der Waals surface area contributed by atoms with Gasteiger partial charge in [0.25, 0.3) is 0 Å². The van der Waals surface area contributed by atoms with E-state index in [4.69, 9.17) is 11.5 Å². The van der Waals surface area contributed by atoms with Crippen LogP contribution in [0.4, 0.5) is 10.6 Å². The Morgan fingerprint density at radius 1 is 1.08 bits per heavy atom. The third-order valence-corrected chi connectivity index (χ3v) is 7.88. The van der Waals surface area contributed by atoms with Crippen LogP contribution < -0.4 is 22.5 Å². The molecule has 1 saturated heterocycles. The van der Waals surface area contributed by atoms with Crippen molar-refractivity contribution in [1.29, 1.82) is 0 Å². The van der Waals surface area contributed by atoms with Crippen LogP contribution in [0.2, 0.25) is 0 Å². The molecule has 5 N–H and O–H groups in total. The summed E-state index contributed by atoms with van der Waals surface area (Å²) < 4.78 is 1.45. The highest BCUT2D eigenvalue weighted by Crippen LogP contribution is 2.28. The molecule has 2 aromatic rings. The van der Waals surface area contributed by atoms with Gasteiger partial charge in [0.1, 0.15) is 5.82 Å². The number of hydrogen-bond donors (Lipinski definition) is 3. The fourth-order valence-electron chi connectivity index (χ4n) is 5.35. The molecule has 11 heteroatoms. The number of amides is 3. The summed E-state index contributed by atoms with van der Waals surface area (Å²) in [7, 11) is 2.19. The largest absolute Gasteiger partial charge is 0.354 e. The highest BCUT2D eigenvalue weighted by atomic mass is 16.2. The number of carbonyl (C=O) groups excluding carboxylic acids is 2. The molecule has 4 rings (SSSR count). The van der Waals surface area contributed by atoms with Crippen LogP contribution in [0.5, 0.6) is 0 Å². The van der Waals surface area contributed by atoms with Crippen molar-refractivity contribution >= 4 is 17.8 Å². The Labute approximate surface area is 230 Å². The van der Waals surface area contributed by atoms with Crippen LogP contribution in [-0.4, -0.2) is 94.1 Å². The number of hydrogen-bond acceptors (Lipinski definition) is 7. The second-order valence-electron chi connectivity index (χ2n) is 11.4. The Hall–Kier alpha value is -3.28. The van der Waals surface area contributed by atoms with Crippen molar-refractivity contribution in [2.45, 2.75) is 51.1 Å². The number of piperazine rings is 1. The summed E-state index contributed by atoms with van der Waals surface area (Å²) in [6.07, 6.45) is 6.17. The van der Waals surface area contributed by atoms with Gasteiger partial charge < -0.3 is 26.2 Å².